The molecule has 1 aliphatic rings. The summed E-state index contributed by atoms with van der Waals surface area (Å²) in [6.07, 6.45) is 0. The van der Waals surface area contributed by atoms with E-state index in [2.05, 4.69) is 296 Å². The first-order valence-electron chi connectivity index (χ1n) is 25.8. The molecular weight excluding hydrogens is 907 g/mol. The zero-order valence-electron chi connectivity index (χ0n) is 41.1. The molecule has 0 fully saturated rings. The van der Waals surface area contributed by atoms with Crippen molar-refractivity contribution in [1.29, 1.82) is 0 Å². The highest BCUT2D eigenvalue weighted by atomic mass is 16.3. The van der Waals surface area contributed by atoms with Crippen LogP contribution in [-0.4, -0.2) is 0 Å². The summed E-state index contributed by atoms with van der Waals surface area (Å²) in [6.45, 7) is 0. The van der Waals surface area contributed by atoms with Gasteiger partial charge in [0.25, 0.3) is 0 Å². The van der Waals surface area contributed by atoms with E-state index in [0.29, 0.717) is 0 Å². The Morgan fingerprint density at radius 3 is 1.32 bits per heavy atom. The fraction of sp³-hybridized carbons (Fsp3) is 0.0137. The van der Waals surface area contributed by atoms with E-state index in [1.54, 1.807) is 0 Å². The Kier molecular flexibility index (Phi) is 10.8. The van der Waals surface area contributed by atoms with Crippen LogP contribution in [0.15, 0.2) is 302 Å². The number of para-hydroxylation sites is 2. The Balaban J connectivity index is 1.03. The van der Waals surface area contributed by atoms with Gasteiger partial charge in [-0.1, -0.05) is 231 Å². The van der Waals surface area contributed by atoms with E-state index < -0.39 is 5.41 Å². The van der Waals surface area contributed by atoms with Gasteiger partial charge in [-0.05, 0) is 150 Å². The van der Waals surface area contributed by atoms with Crippen LogP contribution in [0.5, 0.6) is 0 Å². The minimum atomic E-state index is -0.695. The Hall–Kier alpha value is -9.76. The average Bonchev–Trinajstić information content (AvgIpc) is 4.05. The molecule has 0 saturated heterocycles. The van der Waals surface area contributed by atoms with E-state index in [0.717, 1.165) is 72.4 Å². The normalized spacial score (nSPS) is 13.7. The standard InChI is InChI=1S/C73H49NO/c1-6-21-50(22-7-1)55-43-56(51-23-8-2-9-24-51)46-60(45-55)73(59-29-14-5-15-30-59)69-35-18-16-31-65(69)66-42-41-62(49-70(66)73)74(63-47-57(52-25-10-3-11-26-52)44-58(48-63)53-27-12-4-13-28-53)61-39-37-54(38-40-61)64-33-20-34-68-67-32-17-19-36-71(67)75-72(64)68/h1-49H. The first kappa shape index (κ1) is 44.0. The van der Waals surface area contributed by atoms with Crippen LogP contribution >= 0.6 is 0 Å². The number of rotatable bonds is 10. The first-order valence-corrected chi connectivity index (χ1v) is 25.8. The van der Waals surface area contributed by atoms with Gasteiger partial charge in [-0.3, -0.25) is 0 Å². The average molecular weight is 956 g/mol. The van der Waals surface area contributed by atoms with Crippen LogP contribution in [-0.2, 0) is 5.41 Å². The van der Waals surface area contributed by atoms with Crippen LogP contribution in [0.25, 0.3) is 88.7 Å². The van der Waals surface area contributed by atoms with Gasteiger partial charge in [-0.2, -0.15) is 0 Å². The summed E-state index contributed by atoms with van der Waals surface area (Å²) in [5.74, 6) is 0. The molecule has 75 heavy (non-hydrogen) atoms. The predicted octanol–water partition coefficient (Wildman–Crippen LogP) is 19.8. The van der Waals surface area contributed by atoms with E-state index in [1.165, 1.54) is 55.6 Å². The minimum Gasteiger partial charge on any atom is -0.455 e. The van der Waals surface area contributed by atoms with Crippen molar-refractivity contribution in [2.75, 3.05) is 4.90 Å². The lowest BCUT2D eigenvalue weighted by molar-refractivity contribution is 0.670. The van der Waals surface area contributed by atoms with Gasteiger partial charge in [0.05, 0.1) is 5.41 Å². The topological polar surface area (TPSA) is 16.4 Å². The molecule has 0 amide bonds. The Morgan fingerprint density at radius 2 is 0.720 bits per heavy atom. The van der Waals surface area contributed by atoms with Crippen molar-refractivity contribution in [2.24, 2.45) is 0 Å². The zero-order chi connectivity index (χ0) is 49.7. The van der Waals surface area contributed by atoms with Gasteiger partial charge >= 0.3 is 0 Å². The van der Waals surface area contributed by atoms with E-state index >= 15 is 0 Å². The smallest absolute Gasteiger partial charge is 0.143 e. The molecule has 352 valence electrons. The summed E-state index contributed by atoms with van der Waals surface area (Å²) in [7, 11) is 0. The maximum atomic E-state index is 6.58. The number of benzene rings is 12. The maximum Gasteiger partial charge on any atom is 0.143 e. The van der Waals surface area contributed by atoms with Crippen molar-refractivity contribution in [2.45, 2.75) is 5.41 Å². The number of hydrogen-bond acceptors (Lipinski definition) is 2. The van der Waals surface area contributed by atoms with Crippen LogP contribution < -0.4 is 4.90 Å². The van der Waals surface area contributed by atoms with Crippen LogP contribution in [0.4, 0.5) is 17.1 Å². The number of hydrogen-bond donors (Lipinski definition) is 0. The summed E-state index contributed by atoms with van der Waals surface area (Å²) in [5, 5.41) is 2.24. The fourth-order valence-electron chi connectivity index (χ4n) is 11.9. The lowest BCUT2D eigenvalue weighted by Crippen LogP contribution is -2.29. The summed E-state index contributed by atoms with van der Waals surface area (Å²) in [4.78, 5) is 2.46. The van der Waals surface area contributed by atoms with Gasteiger partial charge in [-0.25, -0.2) is 0 Å². The molecule has 14 rings (SSSR count). The third-order valence-electron chi connectivity index (χ3n) is 15.3. The number of anilines is 3. The summed E-state index contributed by atoms with van der Waals surface area (Å²) in [6, 6.07) is 109. The van der Waals surface area contributed by atoms with Crippen molar-refractivity contribution in [1.82, 2.24) is 0 Å². The molecule has 0 N–H and O–H groups in total. The highest BCUT2D eigenvalue weighted by Crippen LogP contribution is 2.58. The molecule has 0 spiro atoms. The van der Waals surface area contributed by atoms with Crippen molar-refractivity contribution in [3.63, 3.8) is 0 Å². The minimum absolute atomic E-state index is 0.695. The van der Waals surface area contributed by atoms with Crippen LogP contribution in [0.1, 0.15) is 22.3 Å². The van der Waals surface area contributed by atoms with Gasteiger partial charge in [0.2, 0.25) is 0 Å². The third kappa shape index (κ3) is 7.58. The molecule has 12 aromatic carbocycles. The monoisotopic (exact) mass is 955 g/mol. The Morgan fingerprint density at radius 1 is 0.253 bits per heavy atom. The molecule has 1 aromatic heterocycles. The number of nitrogens with zero attached hydrogens (tertiary/aromatic N) is 1. The quantitative estimate of drug-likeness (QED) is 0.136. The number of fused-ring (bicyclic) bond motifs is 6. The second-order valence-electron chi connectivity index (χ2n) is 19.6. The second-order valence-corrected chi connectivity index (χ2v) is 19.6. The molecule has 1 heterocycles. The van der Waals surface area contributed by atoms with E-state index in [1.807, 2.05) is 6.07 Å². The molecule has 0 aliphatic heterocycles. The van der Waals surface area contributed by atoms with Crippen LogP contribution in [0, 0.1) is 0 Å². The SMILES string of the molecule is c1ccc(-c2cc(-c3ccccc3)cc(N(c3ccc(-c4cccc5c4oc4ccccc45)cc3)c3ccc4c(c3)C(c3ccccc3)(c3cc(-c5ccccc5)cc(-c5ccccc5)c3)c3ccccc3-4)c2)cc1. The Bertz CT molecular complexity index is 4090. The lowest BCUT2D eigenvalue weighted by Gasteiger charge is -2.35. The second kappa shape index (κ2) is 18.4. The van der Waals surface area contributed by atoms with Gasteiger partial charge in [0.15, 0.2) is 0 Å². The largest absolute Gasteiger partial charge is 0.455 e. The van der Waals surface area contributed by atoms with Crippen molar-refractivity contribution in [3.8, 4) is 66.8 Å². The molecule has 2 nitrogen and oxygen atoms in total. The van der Waals surface area contributed by atoms with E-state index in [4.69, 9.17) is 4.42 Å². The fourth-order valence-corrected chi connectivity index (χ4v) is 11.9. The summed E-state index contributed by atoms with van der Waals surface area (Å²) < 4.78 is 6.58. The molecule has 0 saturated carbocycles. The van der Waals surface area contributed by atoms with Crippen molar-refractivity contribution >= 4 is 39.0 Å². The third-order valence-corrected chi connectivity index (χ3v) is 15.3. The molecule has 0 bridgehead atoms. The molecule has 1 unspecified atom stereocenters. The van der Waals surface area contributed by atoms with Crippen molar-refractivity contribution in [3.05, 3.63) is 320 Å². The highest BCUT2D eigenvalue weighted by molar-refractivity contribution is 6.09. The van der Waals surface area contributed by atoms with Crippen LogP contribution in [0.2, 0.25) is 0 Å². The van der Waals surface area contributed by atoms with Crippen LogP contribution in [0.3, 0.4) is 0 Å². The maximum absolute atomic E-state index is 6.58. The van der Waals surface area contributed by atoms with E-state index in [-0.39, 0.29) is 0 Å². The molecule has 1 aliphatic carbocycles. The predicted molar refractivity (Wildman–Crippen MR) is 313 cm³/mol. The zero-order valence-corrected chi connectivity index (χ0v) is 41.1. The lowest BCUT2D eigenvalue weighted by atomic mass is 9.67. The summed E-state index contributed by atoms with van der Waals surface area (Å²) >= 11 is 0. The van der Waals surface area contributed by atoms with Gasteiger partial charge < -0.3 is 9.32 Å². The van der Waals surface area contributed by atoms with Gasteiger partial charge in [-0.15, -0.1) is 0 Å². The molecule has 1 atom stereocenters. The molecule has 0 radical (unpaired) electrons. The van der Waals surface area contributed by atoms with Crippen molar-refractivity contribution < 1.29 is 4.42 Å². The molecule has 2 heteroatoms. The molecular formula is C73H49NO. The summed E-state index contributed by atoms with van der Waals surface area (Å²) in [5.41, 5.74) is 23.1. The van der Waals surface area contributed by atoms with Gasteiger partial charge in [0.1, 0.15) is 11.2 Å². The Labute approximate surface area is 437 Å². The number of furan rings is 1. The highest BCUT2D eigenvalue weighted by Gasteiger charge is 2.47. The first-order chi connectivity index (χ1) is 37.2. The molecule has 13 aromatic rings. The van der Waals surface area contributed by atoms with Gasteiger partial charge in [0, 0.05) is 33.4 Å². The van der Waals surface area contributed by atoms with E-state index in [9.17, 15) is 0 Å².